The van der Waals surface area contributed by atoms with E-state index in [0.29, 0.717) is 0 Å². The minimum absolute atomic E-state index is 1.19. The monoisotopic (exact) mass is 1440 g/mol. The van der Waals surface area contributed by atoms with Gasteiger partial charge < -0.3 is 13.7 Å². The van der Waals surface area contributed by atoms with Gasteiger partial charge in [0.15, 0.2) is 0 Å². The highest BCUT2D eigenvalue weighted by atomic mass is 15.0. The fourth-order valence-corrected chi connectivity index (χ4v) is 17.6. The van der Waals surface area contributed by atoms with Gasteiger partial charge in [-0.05, 0) is 189 Å². The van der Waals surface area contributed by atoms with Gasteiger partial charge in [-0.15, -0.1) is 0 Å². The average molecular weight is 1440 g/mol. The van der Waals surface area contributed by atoms with Gasteiger partial charge in [-0.25, -0.2) is 0 Å². The Bertz CT molecular complexity index is 7530. The molecule has 23 rings (SSSR count). The van der Waals surface area contributed by atoms with Gasteiger partial charge in [-0.1, -0.05) is 364 Å². The number of fused-ring (bicyclic) bond motifs is 17. The van der Waals surface area contributed by atoms with Crippen LogP contribution in [-0.4, -0.2) is 13.7 Å². The van der Waals surface area contributed by atoms with E-state index in [1.54, 1.807) is 0 Å². The van der Waals surface area contributed by atoms with Crippen LogP contribution in [0.25, 0.3) is 203 Å². The SMILES string of the molecule is c1ccc(-c2ccc(-c3ccc4c(ccc5c4c4ccccc4n5-c4cccc5ccccc45)c3)cc2)cc1.c1ccc(-c2ccc(-c3ccc4c(ccc5c4c4ccccc4n5-c4ccccc4)c3)cc2)cc1.c1ccc(-c2ccc(-c3ccc4ccc5c(c4c3)c3ccccc3n5-c3cccc4ccccc34)cc2)cc1. The molecular formula is C110H73N3. The van der Waals surface area contributed by atoms with E-state index >= 15 is 0 Å². The molecule has 0 bridgehead atoms. The lowest BCUT2D eigenvalue weighted by atomic mass is 9.96. The standard InChI is InChI=1S/2C38H25N.C34H23N/c1-2-9-26(10-3-1)27-17-19-28(20-18-27)30-21-23-33-31(25-30)22-24-37-38(33)34-14-6-7-15-36(34)39(37)35-16-8-12-29-11-4-5-13-32(29)35;1-2-9-26(10-3-1)27-17-19-28(20-18-27)31-22-21-30-23-24-37-38(34(30)25-31)33-14-6-7-15-36(33)39(37)35-16-8-12-29-11-4-5-13-32(29)35;1-3-9-24(10-4-1)25-15-17-26(18-16-25)27-19-21-30-28(23-27)20-22-33-34(30)31-13-7-8-14-32(31)35(33)29-11-5-2-6-12-29/h2*1-25H;1-23H. The van der Waals surface area contributed by atoms with Crippen LogP contribution in [0.4, 0.5) is 0 Å². The third-order valence-electron chi connectivity index (χ3n) is 23.0. The van der Waals surface area contributed by atoms with Gasteiger partial charge in [0, 0.05) is 48.8 Å². The minimum Gasteiger partial charge on any atom is -0.309 e. The molecule has 3 aromatic heterocycles. The molecule has 528 valence electrons. The Labute approximate surface area is 655 Å². The zero-order valence-corrected chi connectivity index (χ0v) is 62.0. The van der Waals surface area contributed by atoms with Crippen LogP contribution in [0.2, 0.25) is 0 Å². The molecule has 0 aliphatic rings. The van der Waals surface area contributed by atoms with E-state index < -0.39 is 0 Å². The zero-order chi connectivity index (χ0) is 74.7. The van der Waals surface area contributed by atoms with Crippen molar-refractivity contribution in [3.63, 3.8) is 0 Å². The zero-order valence-electron chi connectivity index (χ0n) is 62.0. The quantitative estimate of drug-likeness (QED) is 0.137. The molecule has 3 heterocycles. The predicted octanol–water partition coefficient (Wildman–Crippen LogP) is 30.1. The number of nitrogens with zero attached hydrogens (tertiary/aromatic N) is 3. The molecule has 0 radical (unpaired) electrons. The molecule has 0 aliphatic carbocycles. The van der Waals surface area contributed by atoms with E-state index in [9.17, 15) is 0 Å². The summed E-state index contributed by atoms with van der Waals surface area (Å²) in [6.45, 7) is 0. The molecule has 3 heteroatoms. The van der Waals surface area contributed by atoms with Gasteiger partial charge in [0.05, 0.1) is 44.5 Å². The first-order valence-electron chi connectivity index (χ1n) is 38.9. The number of hydrogen-bond acceptors (Lipinski definition) is 0. The molecule has 0 spiro atoms. The van der Waals surface area contributed by atoms with E-state index in [0.717, 1.165) is 0 Å². The summed E-state index contributed by atoms with van der Waals surface area (Å²) in [7, 11) is 0. The maximum atomic E-state index is 2.44. The van der Waals surface area contributed by atoms with Gasteiger partial charge in [-0.2, -0.15) is 0 Å². The highest BCUT2D eigenvalue weighted by Crippen LogP contribution is 2.44. The number of para-hydroxylation sites is 4. The van der Waals surface area contributed by atoms with Gasteiger partial charge in [0.1, 0.15) is 0 Å². The molecule has 0 amide bonds. The summed E-state index contributed by atoms with van der Waals surface area (Å²) in [6.07, 6.45) is 0. The van der Waals surface area contributed by atoms with Crippen LogP contribution >= 0.6 is 0 Å². The van der Waals surface area contributed by atoms with E-state index in [1.165, 1.54) is 203 Å². The second kappa shape index (κ2) is 28.3. The lowest BCUT2D eigenvalue weighted by Gasteiger charge is -2.12. The van der Waals surface area contributed by atoms with Crippen LogP contribution < -0.4 is 0 Å². The fourth-order valence-electron chi connectivity index (χ4n) is 17.6. The van der Waals surface area contributed by atoms with Crippen molar-refractivity contribution >= 4 is 119 Å². The maximum Gasteiger partial charge on any atom is 0.0547 e. The third kappa shape index (κ3) is 11.9. The second-order valence-electron chi connectivity index (χ2n) is 29.4. The van der Waals surface area contributed by atoms with Gasteiger partial charge >= 0.3 is 0 Å². The van der Waals surface area contributed by atoms with Crippen molar-refractivity contribution in [3.05, 3.63) is 443 Å². The smallest absolute Gasteiger partial charge is 0.0547 e. The van der Waals surface area contributed by atoms with Crippen LogP contribution in [0.15, 0.2) is 443 Å². The first kappa shape index (κ1) is 66.3. The Morgan fingerprint density at radius 3 is 0.805 bits per heavy atom. The summed E-state index contributed by atoms with van der Waals surface area (Å²) in [4.78, 5) is 0. The molecule has 0 aliphatic heterocycles. The van der Waals surface area contributed by atoms with Gasteiger partial charge in [0.2, 0.25) is 0 Å². The van der Waals surface area contributed by atoms with Gasteiger partial charge in [-0.3, -0.25) is 0 Å². The first-order chi connectivity index (χ1) is 56.1. The Balaban J connectivity index is 0.000000107. The number of aromatic nitrogens is 3. The summed E-state index contributed by atoms with van der Waals surface area (Å²) < 4.78 is 7.25. The second-order valence-corrected chi connectivity index (χ2v) is 29.4. The van der Waals surface area contributed by atoms with Crippen LogP contribution in [-0.2, 0) is 0 Å². The van der Waals surface area contributed by atoms with Crippen molar-refractivity contribution in [2.24, 2.45) is 0 Å². The normalized spacial score (nSPS) is 11.5. The van der Waals surface area contributed by atoms with Gasteiger partial charge in [0.25, 0.3) is 0 Å². The fraction of sp³-hybridized carbons (Fsp3) is 0. The van der Waals surface area contributed by atoms with E-state index in [4.69, 9.17) is 0 Å². The van der Waals surface area contributed by atoms with Crippen LogP contribution in [0, 0.1) is 0 Å². The van der Waals surface area contributed by atoms with Crippen LogP contribution in [0.5, 0.6) is 0 Å². The average Bonchev–Trinajstić information content (AvgIpc) is 1.58. The minimum atomic E-state index is 1.19. The van der Waals surface area contributed by atoms with Crippen LogP contribution in [0.3, 0.4) is 0 Å². The molecular weight excluding hydrogens is 1360 g/mol. The molecule has 3 nitrogen and oxygen atoms in total. The van der Waals surface area contributed by atoms with Crippen LogP contribution in [0.1, 0.15) is 0 Å². The first-order valence-corrected chi connectivity index (χ1v) is 38.9. The molecule has 23 aromatic rings. The molecule has 0 saturated heterocycles. The van der Waals surface area contributed by atoms with Crippen molar-refractivity contribution in [1.29, 1.82) is 0 Å². The predicted molar refractivity (Wildman–Crippen MR) is 482 cm³/mol. The van der Waals surface area contributed by atoms with Crippen molar-refractivity contribution in [2.75, 3.05) is 0 Å². The molecule has 0 saturated carbocycles. The van der Waals surface area contributed by atoms with Crippen molar-refractivity contribution in [1.82, 2.24) is 13.7 Å². The van der Waals surface area contributed by atoms with Crippen molar-refractivity contribution in [2.45, 2.75) is 0 Å². The third-order valence-corrected chi connectivity index (χ3v) is 23.0. The summed E-state index contributed by atoms with van der Waals surface area (Å²) in [5, 5.41) is 20.4. The summed E-state index contributed by atoms with van der Waals surface area (Å²) in [5.74, 6) is 0. The highest BCUT2D eigenvalue weighted by Gasteiger charge is 2.21. The number of hydrogen-bond donors (Lipinski definition) is 0. The molecule has 0 unspecified atom stereocenters. The topological polar surface area (TPSA) is 14.8 Å². The summed E-state index contributed by atoms with van der Waals surface area (Å²) in [6, 6.07) is 160. The Morgan fingerprint density at radius 1 is 0.124 bits per heavy atom. The Hall–Kier alpha value is -14.9. The molecule has 20 aromatic carbocycles. The Morgan fingerprint density at radius 2 is 0.389 bits per heavy atom. The Kier molecular flexibility index (Phi) is 16.6. The molecule has 0 N–H and O–H groups in total. The largest absolute Gasteiger partial charge is 0.309 e. The van der Waals surface area contributed by atoms with E-state index in [1.807, 2.05) is 0 Å². The molecule has 0 fully saturated rings. The lowest BCUT2D eigenvalue weighted by Crippen LogP contribution is -1.95. The maximum absolute atomic E-state index is 2.44. The molecule has 113 heavy (non-hydrogen) atoms. The summed E-state index contributed by atoms with van der Waals surface area (Å²) in [5.41, 5.74) is 25.9. The number of rotatable bonds is 9. The van der Waals surface area contributed by atoms with Crippen molar-refractivity contribution in [3.8, 4) is 83.8 Å². The lowest BCUT2D eigenvalue weighted by molar-refractivity contribution is 1.18. The van der Waals surface area contributed by atoms with E-state index in [-0.39, 0.29) is 0 Å². The van der Waals surface area contributed by atoms with E-state index in [2.05, 4.69) is 457 Å². The highest BCUT2D eigenvalue weighted by molar-refractivity contribution is 6.25. The van der Waals surface area contributed by atoms with Crippen molar-refractivity contribution < 1.29 is 0 Å². The molecule has 0 atom stereocenters. The number of benzene rings is 20. The summed E-state index contributed by atoms with van der Waals surface area (Å²) >= 11 is 0.